The Morgan fingerprint density at radius 1 is 1.38 bits per heavy atom. The molecule has 21 heavy (non-hydrogen) atoms. The van der Waals surface area contributed by atoms with Gasteiger partial charge >= 0.3 is 0 Å². The zero-order valence-corrected chi connectivity index (χ0v) is 12.8. The lowest BCUT2D eigenvalue weighted by molar-refractivity contribution is -0.117. The first-order valence-corrected chi connectivity index (χ1v) is 7.13. The third kappa shape index (κ3) is 2.34. The van der Waals surface area contributed by atoms with E-state index in [-0.39, 0.29) is 18.0 Å². The molecule has 0 bridgehead atoms. The second-order valence-corrected chi connectivity index (χ2v) is 5.71. The molecule has 1 aromatic carbocycles. The van der Waals surface area contributed by atoms with Crippen LogP contribution >= 0.6 is 0 Å². The van der Waals surface area contributed by atoms with Gasteiger partial charge in [0.1, 0.15) is 6.04 Å². The second-order valence-electron chi connectivity index (χ2n) is 5.71. The van der Waals surface area contributed by atoms with Crippen LogP contribution in [0.1, 0.15) is 41.4 Å². The van der Waals surface area contributed by atoms with Crippen molar-refractivity contribution in [3.8, 4) is 0 Å². The van der Waals surface area contributed by atoms with Crippen LogP contribution in [-0.2, 0) is 11.8 Å². The van der Waals surface area contributed by atoms with Gasteiger partial charge < -0.3 is 5.32 Å². The highest BCUT2D eigenvalue weighted by atomic mass is 16.2. The quantitative estimate of drug-likeness (QED) is 0.910. The van der Waals surface area contributed by atoms with E-state index >= 15 is 0 Å². The third-order valence-electron chi connectivity index (χ3n) is 4.19. The van der Waals surface area contributed by atoms with Crippen molar-refractivity contribution in [2.24, 2.45) is 7.05 Å². The number of aryl methyl sites for hydroxylation is 2. The normalized spacial score (nSPS) is 18.5. The smallest absolute Gasteiger partial charge is 0.246 e. The molecule has 0 spiro atoms. The lowest BCUT2D eigenvalue weighted by atomic mass is 10.0. The number of nitrogens with one attached hydrogen (secondary N) is 2. The molecule has 1 amide bonds. The van der Waals surface area contributed by atoms with Gasteiger partial charge in [-0.15, -0.1) is 0 Å². The summed E-state index contributed by atoms with van der Waals surface area (Å²) in [4.78, 5) is 12.2. The van der Waals surface area contributed by atoms with Crippen molar-refractivity contribution in [2.45, 2.75) is 32.9 Å². The van der Waals surface area contributed by atoms with E-state index in [1.807, 2.05) is 43.9 Å². The summed E-state index contributed by atoms with van der Waals surface area (Å²) >= 11 is 0. The Morgan fingerprint density at radius 2 is 2.14 bits per heavy atom. The van der Waals surface area contributed by atoms with E-state index in [0.29, 0.717) is 0 Å². The number of hydrogen-bond acceptors (Lipinski definition) is 3. The SMILES string of the molecule is Cc1ccc2c(c1)C(NC(C)c1cnn(C)c1C)C(=O)N2. The van der Waals surface area contributed by atoms with Gasteiger partial charge in [-0.1, -0.05) is 17.7 Å². The van der Waals surface area contributed by atoms with Crippen LogP contribution < -0.4 is 10.6 Å². The van der Waals surface area contributed by atoms with E-state index in [0.717, 1.165) is 28.1 Å². The van der Waals surface area contributed by atoms with Crippen molar-refractivity contribution < 1.29 is 4.79 Å². The molecule has 2 heterocycles. The number of nitrogens with zero attached hydrogens (tertiary/aromatic N) is 2. The minimum absolute atomic E-state index is 0.00370. The van der Waals surface area contributed by atoms with Crippen molar-refractivity contribution in [1.82, 2.24) is 15.1 Å². The van der Waals surface area contributed by atoms with E-state index in [9.17, 15) is 4.79 Å². The minimum Gasteiger partial charge on any atom is -0.324 e. The van der Waals surface area contributed by atoms with Gasteiger partial charge in [-0.25, -0.2) is 0 Å². The first-order valence-electron chi connectivity index (χ1n) is 7.13. The molecule has 0 saturated carbocycles. The molecule has 0 radical (unpaired) electrons. The molecule has 0 aliphatic carbocycles. The molecule has 5 heteroatoms. The van der Waals surface area contributed by atoms with Crippen molar-refractivity contribution in [3.63, 3.8) is 0 Å². The highest BCUT2D eigenvalue weighted by Gasteiger charge is 2.32. The fourth-order valence-electron chi connectivity index (χ4n) is 2.83. The number of hydrogen-bond donors (Lipinski definition) is 2. The molecule has 5 nitrogen and oxygen atoms in total. The Morgan fingerprint density at radius 3 is 2.81 bits per heavy atom. The number of aromatic nitrogens is 2. The van der Waals surface area contributed by atoms with Crippen molar-refractivity contribution >= 4 is 11.6 Å². The Bertz CT molecular complexity index is 704. The summed E-state index contributed by atoms with van der Waals surface area (Å²) in [6.07, 6.45) is 1.86. The van der Waals surface area contributed by atoms with Gasteiger partial charge in [0.2, 0.25) is 5.91 Å². The van der Waals surface area contributed by atoms with Gasteiger partial charge in [-0.05, 0) is 26.8 Å². The van der Waals surface area contributed by atoms with Crippen LogP contribution in [-0.4, -0.2) is 15.7 Å². The Hall–Kier alpha value is -2.14. The minimum atomic E-state index is -0.311. The van der Waals surface area contributed by atoms with Gasteiger partial charge in [-0.2, -0.15) is 5.10 Å². The van der Waals surface area contributed by atoms with Crippen LogP contribution in [0.15, 0.2) is 24.4 Å². The molecule has 2 N–H and O–H groups in total. The van der Waals surface area contributed by atoms with Crippen molar-refractivity contribution in [2.75, 3.05) is 5.32 Å². The van der Waals surface area contributed by atoms with Crippen LogP contribution in [0.2, 0.25) is 0 Å². The van der Waals surface area contributed by atoms with E-state index in [1.54, 1.807) is 0 Å². The molecule has 110 valence electrons. The molecule has 1 aromatic heterocycles. The molecule has 3 rings (SSSR count). The average Bonchev–Trinajstić information content (AvgIpc) is 2.92. The van der Waals surface area contributed by atoms with E-state index in [4.69, 9.17) is 0 Å². The predicted octanol–water partition coefficient (Wildman–Crippen LogP) is 2.38. The number of fused-ring (bicyclic) bond motifs is 1. The first kappa shape index (κ1) is 13.8. The zero-order valence-electron chi connectivity index (χ0n) is 12.8. The van der Waals surface area contributed by atoms with Crippen molar-refractivity contribution in [1.29, 1.82) is 0 Å². The van der Waals surface area contributed by atoms with Gasteiger partial charge in [0.15, 0.2) is 0 Å². The Balaban J connectivity index is 1.87. The number of benzene rings is 1. The monoisotopic (exact) mass is 284 g/mol. The molecule has 2 unspecified atom stereocenters. The van der Waals surface area contributed by atoms with Crippen LogP contribution in [0.25, 0.3) is 0 Å². The van der Waals surface area contributed by atoms with Crippen molar-refractivity contribution in [3.05, 3.63) is 46.8 Å². The number of carbonyl (C=O) groups excluding carboxylic acids is 1. The fourth-order valence-corrected chi connectivity index (χ4v) is 2.83. The molecule has 1 aliphatic heterocycles. The summed E-state index contributed by atoms with van der Waals surface area (Å²) in [5.74, 6) is 0.00370. The molecule has 1 aliphatic rings. The lowest BCUT2D eigenvalue weighted by Gasteiger charge is -2.18. The maximum absolute atomic E-state index is 12.2. The third-order valence-corrected chi connectivity index (χ3v) is 4.19. The molecule has 2 atom stereocenters. The summed E-state index contributed by atoms with van der Waals surface area (Å²) in [6, 6.07) is 5.78. The van der Waals surface area contributed by atoms with Crippen LogP contribution in [0.4, 0.5) is 5.69 Å². The maximum atomic E-state index is 12.2. The number of anilines is 1. The lowest BCUT2D eigenvalue weighted by Crippen LogP contribution is -2.30. The summed E-state index contributed by atoms with van der Waals surface area (Å²) in [5, 5.41) is 10.6. The standard InChI is InChI=1S/C16H20N4O/c1-9-5-6-14-12(7-9)15(16(21)19-14)18-10(2)13-8-17-20(4)11(13)3/h5-8,10,15,18H,1-4H3,(H,19,21). The van der Waals surface area contributed by atoms with Gasteiger partial charge in [-0.3, -0.25) is 14.8 Å². The molecule has 0 fully saturated rings. The predicted molar refractivity (Wildman–Crippen MR) is 82.0 cm³/mol. The second kappa shape index (κ2) is 5.00. The first-order chi connectivity index (χ1) is 9.97. The average molecular weight is 284 g/mol. The molecule has 0 saturated heterocycles. The summed E-state index contributed by atoms with van der Waals surface area (Å²) in [6.45, 7) is 6.13. The van der Waals surface area contributed by atoms with E-state index in [2.05, 4.69) is 28.7 Å². The van der Waals surface area contributed by atoms with Crippen LogP contribution in [0.5, 0.6) is 0 Å². The highest BCUT2D eigenvalue weighted by molar-refractivity contribution is 6.02. The topological polar surface area (TPSA) is 59.0 Å². The zero-order chi connectivity index (χ0) is 15.1. The molecular formula is C16H20N4O. The van der Waals surface area contributed by atoms with Crippen LogP contribution in [0.3, 0.4) is 0 Å². The summed E-state index contributed by atoms with van der Waals surface area (Å²) in [7, 11) is 1.92. The van der Waals surface area contributed by atoms with Crippen LogP contribution in [0, 0.1) is 13.8 Å². The van der Waals surface area contributed by atoms with Gasteiger partial charge in [0.25, 0.3) is 0 Å². The number of amides is 1. The fraction of sp³-hybridized carbons (Fsp3) is 0.375. The number of rotatable bonds is 3. The van der Waals surface area contributed by atoms with Gasteiger partial charge in [0, 0.05) is 35.6 Å². The summed E-state index contributed by atoms with van der Waals surface area (Å²) in [5.41, 5.74) is 5.30. The van der Waals surface area contributed by atoms with Gasteiger partial charge in [0.05, 0.1) is 6.20 Å². The van der Waals surface area contributed by atoms with E-state index < -0.39 is 0 Å². The Kier molecular flexibility index (Phi) is 3.29. The largest absolute Gasteiger partial charge is 0.324 e. The number of carbonyl (C=O) groups is 1. The maximum Gasteiger partial charge on any atom is 0.246 e. The summed E-state index contributed by atoms with van der Waals surface area (Å²) < 4.78 is 1.85. The molecule has 2 aromatic rings. The van der Waals surface area contributed by atoms with E-state index in [1.165, 1.54) is 0 Å². The molecular weight excluding hydrogens is 264 g/mol. The highest BCUT2D eigenvalue weighted by Crippen LogP contribution is 2.33. The Labute approximate surface area is 124 Å².